The molecule has 1 aromatic rings. The maximum Gasteiger partial charge on any atom is 0.234 e. The minimum absolute atomic E-state index is 0.208. The fraction of sp³-hybridized carbons (Fsp3) is 0.556. The molecule has 1 aliphatic heterocycles. The zero-order chi connectivity index (χ0) is 17.9. The Hall–Kier alpha value is -2.08. The molecule has 3 N–H and O–H groups in total. The SMILES string of the molecule is C1=CN=C(c2ncc3c(n2)CCC3)CC1.CC.CN[C@H](C)C(N)=O. The lowest BCUT2D eigenvalue weighted by atomic mass is 10.1. The highest BCUT2D eigenvalue weighted by Crippen LogP contribution is 2.19. The quantitative estimate of drug-likeness (QED) is 0.887. The first-order valence-electron chi connectivity index (χ1n) is 8.65. The summed E-state index contributed by atoms with van der Waals surface area (Å²) in [7, 11) is 1.69. The van der Waals surface area contributed by atoms with Crippen LogP contribution in [0.2, 0.25) is 0 Å². The van der Waals surface area contributed by atoms with Gasteiger partial charge in [-0.2, -0.15) is 0 Å². The van der Waals surface area contributed by atoms with Gasteiger partial charge >= 0.3 is 0 Å². The molecule has 1 aliphatic carbocycles. The van der Waals surface area contributed by atoms with Gasteiger partial charge in [0.1, 0.15) is 0 Å². The highest BCUT2D eigenvalue weighted by atomic mass is 16.1. The zero-order valence-corrected chi connectivity index (χ0v) is 15.2. The van der Waals surface area contributed by atoms with Crippen molar-refractivity contribution < 1.29 is 4.79 Å². The van der Waals surface area contributed by atoms with Crippen molar-refractivity contribution in [3.05, 3.63) is 35.6 Å². The van der Waals surface area contributed by atoms with Gasteiger partial charge < -0.3 is 11.1 Å². The van der Waals surface area contributed by atoms with E-state index in [9.17, 15) is 4.79 Å². The Morgan fingerprint density at radius 2 is 2.04 bits per heavy atom. The van der Waals surface area contributed by atoms with E-state index in [4.69, 9.17) is 5.73 Å². The second-order valence-electron chi connectivity index (χ2n) is 5.43. The second kappa shape index (κ2) is 10.6. The highest BCUT2D eigenvalue weighted by molar-refractivity contribution is 5.98. The Labute approximate surface area is 144 Å². The minimum Gasteiger partial charge on any atom is -0.368 e. The van der Waals surface area contributed by atoms with Gasteiger partial charge in [-0.15, -0.1) is 0 Å². The van der Waals surface area contributed by atoms with Crippen molar-refractivity contribution in [2.24, 2.45) is 10.7 Å². The Morgan fingerprint density at radius 3 is 2.58 bits per heavy atom. The number of nitrogens with one attached hydrogen (secondary N) is 1. The molecule has 2 heterocycles. The smallest absolute Gasteiger partial charge is 0.234 e. The molecule has 0 fully saturated rings. The highest BCUT2D eigenvalue weighted by Gasteiger charge is 2.15. The van der Waals surface area contributed by atoms with E-state index in [-0.39, 0.29) is 11.9 Å². The predicted octanol–water partition coefficient (Wildman–Crippen LogP) is 2.17. The predicted molar refractivity (Wildman–Crippen MR) is 98.0 cm³/mol. The Bertz CT molecular complexity index is 595. The number of nitrogens with two attached hydrogens (primary N) is 1. The van der Waals surface area contributed by atoms with Gasteiger partial charge in [0.25, 0.3) is 0 Å². The summed E-state index contributed by atoms with van der Waals surface area (Å²) < 4.78 is 0. The standard InChI is InChI=1S/C12H13N3.C4H10N2O.C2H6/c1-2-7-13-11(5-1)12-14-8-9-4-3-6-10(9)15-12;1-3(6-2)4(5)7;1-2/h2,7-8H,1,3-6H2;3,6H,1-2H3,(H2,5,7);1-2H3/t;3-;/m.1./s1. The average molecular weight is 331 g/mol. The summed E-state index contributed by atoms with van der Waals surface area (Å²) in [6.45, 7) is 5.71. The number of rotatable bonds is 3. The Morgan fingerprint density at radius 1 is 1.29 bits per heavy atom. The van der Waals surface area contributed by atoms with Gasteiger partial charge in [-0.3, -0.25) is 9.79 Å². The molecule has 0 aromatic carbocycles. The summed E-state index contributed by atoms with van der Waals surface area (Å²) in [5.41, 5.74) is 8.44. The van der Waals surface area contributed by atoms with Crippen molar-refractivity contribution in [1.29, 1.82) is 0 Å². The number of likely N-dealkylation sites (N-methyl/N-ethyl adjacent to an activating group) is 1. The van der Waals surface area contributed by atoms with Crippen LogP contribution < -0.4 is 11.1 Å². The third kappa shape index (κ3) is 5.85. The molecule has 0 radical (unpaired) electrons. The van der Waals surface area contributed by atoms with E-state index in [1.54, 1.807) is 14.0 Å². The van der Waals surface area contributed by atoms with Gasteiger partial charge in [0.2, 0.25) is 5.91 Å². The Balaban J connectivity index is 0.000000274. The number of aryl methyl sites for hydroxylation is 2. The number of carbonyl (C=O) groups excluding carboxylic acids is 1. The number of aromatic nitrogens is 2. The van der Waals surface area contributed by atoms with Crippen LogP contribution in [-0.2, 0) is 17.6 Å². The van der Waals surface area contributed by atoms with Crippen LogP contribution in [0.25, 0.3) is 0 Å². The molecule has 132 valence electrons. The molecule has 0 saturated carbocycles. The van der Waals surface area contributed by atoms with Crippen LogP contribution in [0.3, 0.4) is 0 Å². The van der Waals surface area contributed by atoms with E-state index < -0.39 is 0 Å². The van der Waals surface area contributed by atoms with E-state index in [0.717, 1.165) is 37.2 Å². The molecule has 3 rings (SSSR count). The normalized spacial score (nSPS) is 15.9. The number of fused-ring (bicyclic) bond motifs is 1. The van der Waals surface area contributed by atoms with Crippen molar-refractivity contribution in [3.8, 4) is 0 Å². The monoisotopic (exact) mass is 331 g/mol. The van der Waals surface area contributed by atoms with Crippen LogP contribution in [-0.4, -0.2) is 34.7 Å². The number of aliphatic imine (C=N–C) groups is 1. The van der Waals surface area contributed by atoms with E-state index in [2.05, 4.69) is 26.4 Å². The van der Waals surface area contributed by atoms with Gasteiger partial charge in [0.05, 0.1) is 11.8 Å². The van der Waals surface area contributed by atoms with Crippen LogP contribution in [0.15, 0.2) is 23.5 Å². The second-order valence-corrected chi connectivity index (χ2v) is 5.43. The van der Waals surface area contributed by atoms with Crippen LogP contribution in [0.4, 0.5) is 0 Å². The summed E-state index contributed by atoms with van der Waals surface area (Å²) in [6, 6.07) is -0.208. The molecule has 1 amide bonds. The van der Waals surface area contributed by atoms with Gasteiger partial charge in [0.15, 0.2) is 5.82 Å². The zero-order valence-electron chi connectivity index (χ0n) is 15.2. The summed E-state index contributed by atoms with van der Waals surface area (Å²) in [5, 5.41) is 2.69. The van der Waals surface area contributed by atoms with Gasteiger partial charge in [-0.1, -0.05) is 19.9 Å². The van der Waals surface area contributed by atoms with Crippen LogP contribution in [0.1, 0.15) is 57.1 Å². The molecule has 0 spiro atoms. The largest absolute Gasteiger partial charge is 0.368 e. The molecule has 1 aromatic heterocycles. The van der Waals surface area contributed by atoms with E-state index in [1.807, 2.05) is 26.2 Å². The lowest BCUT2D eigenvalue weighted by molar-refractivity contribution is -0.119. The molecule has 0 saturated heterocycles. The van der Waals surface area contributed by atoms with E-state index in [0.29, 0.717) is 0 Å². The molecule has 6 heteroatoms. The van der Waals surface area contributed by atoms with E-state index >= 15 is 0 Å². The van der Waals surface area contributed by atoms with Gasteiger partial charge in [-0.05, 0) is 51.6 Å². The van der Waals surface area contributed by atoms with Gasteiger partial charge in [-0.25, -0.2) is 9.97 Å². The fourth-order valence-corrected chi connectivity index (χ4v) is 2.27. The number of amides is 1. The molecule has 0 unspecified atom stereocenters. The summed E-state index contributed by atoms with van der Waals surface area (Å²) in [5.74, 6) is 0.516. The number of carbonyl (C=O) groups is 1. The number of hydrogen-bond acceptors (Lipinski definition) is 5. The third-order valence-corrected chi connectivity index (χ3v) is 3.82. The molecule has 0 bridgehead atoms. The lowest BCUT2D eigenvalue weighted by Gasteiger charge is -2.07. The van der Waals surface area contributed by atoms with Gasteiger partial charge in [0, 0.05) is 18.1 Å². The van der Waals surface area contributed by atoms with Crippen LogP contribution in [0.5, 0.6) is 0 Å². The number of hydrogen-bond donors (Lipinski definition) is 2. The van der Waals surface area contributed by atoms with Crippen molar-refractivity contribution in [3.63, 3.8) is 0 Å². The first-order chi connectivity index (χ1) is 11.6. The minimum atomic E-state index is -0.317. The van der Waals surface area contributed by atoms with Crippen molar-refractivity contribution in [2.45, 2.75) is 58.9 Å². The third-order valence-electron chi connectivity index (χ3n) is 3.82. The maximum absolute atomic E-state index is 10.1. The summed E-state index contributed by atoms with van der Waals surface area (Å²) in [4.78, 5) is 23.4. The van der Waals surface area contributed by atoms with E-state index in [1.165, 1.54) is 17.7 Å². The number of allylic oxidation sites excluding steroid dienone is 1. The molecule has 6 nitrogen and oxygen atoms in total. The maximum atomic E-state index is 10.1. The molecular weight excluding hydrogens is 302 g/mol. The first-order valence-corrected chi connectivity index (χ1v) is 8.65. The molecule has 1 atom stereocenters. The molecule has 24 heavy (non-hydrogen) atoms. The van der Waals surface area contributed by atoms with Crippen molar-refractivity contribution >= 4 is 11.6 Å². The lowest BCUT2D eigenvalue weighted by Crippen LogP contribution is -2.36. The topological polar surface area (TPSA) is 93.3 Å². The molecule has 2 aliphatic rings. The summed E-state index contributed by atoms with van der Waals surface area (Å²) >= 11 is 0. The van der Waals surface area contributed by atoms with Crippen molar-refractivity contribution in [1.82, 2.24) is 15.3 Å². The molecular formula is C18H29N5O. The fourth-order valence-electron chi connectivity index (χ4n) is 2.27. The van der Waals surface area contributed by atoms with Crippen molar-refractivity contribution in [2.75, 3.05) is 7.05 Å². The Kier molecular flexibility index (Phi) is 8.86. The number of nitrogens with zero attached hydrogens (tertiary/aromatic N) is 3. The average Bonchev–Trinajstić information content (AvgIpc) is 3.11. The first kappa shape index (κ1) is 20.0. The van der Waals surface area contributed by atoms with Crippen LogP contribution >= 0.6 is 0 Å². The number of primary amides is 1. The van der Waals surface area contributed by atoms with Crippen LogP contribution in [0, 0.1) is 0 Å². The summed E-state index contributed by atoms with van der Waals surface area (Å²) in [6.07, 6.45) is 11.4.